The number of benzene rings is 2. The first-order valence-corrected chi connectivity index (χ1v) is 6.04. The fourth-order valence-electron chi connectivity index (χ4n) is 1.75. The molecule has 100 valence electrons. The molecule has 3 nitrogen and oxygen atoms in total. The minimum absolute atomic E-state index is 0.0429. The van der Waals surface area contributed by atoms with Crippen LogP contribution >= 0.6 is 11.6 Å². The molecule has 20 heavy (non-hydrogen) atoms. The van der Waals surface area contributed by atoms with E-state index in [1.54, 1.807) is 0 Å². The lowest BCUT2D eigenvalue weighted by Crippen LogP contribution is -1.94. The van der Waals surface area contributed by atoms with E-state index < -0.39 is 11.6 Å². The smallest absolute Gasteiger partial charge is 0.230 e. The Morgan fingerprint density at radius 1 is 1.00 bits per heavy atom. The largest absolute Gasteiger partial charge is 0.435 e. The number of ether oxygens (including phenoxy) is 1. The zero-order chi connectivity index (χ0) is 14.1. The van der Waals surface area contributed by atoms with Crippen LogP contribution < -0.4 is 4.74 Å². The number of halogens is 3. The van der Waals surface area contributed by atoms with E-state index in [4.69, 9.17) is 16.3 Å². The van der Waals surface area contributed by atoms with Gasteiger partial charge in [0.1, 0.15) is 12.1 Å². The molecule has 1 heterocycles. The third-order valence-electron chi connectivity index (χ3n) is 2.66. The molecular formula is C14H7ClF2N2O. The number of nitrogens with zero attached hydrogens (tertiary/aromatic N) is 2. The SMILES string of the molecule is Fc1ccc2ncnc(Oc3ccc(Cl)cc3F)c2c1. The van der Waals surface area contributed by atoms with E-state index in [-0.39, 0.29) is 16.7 Å². The summed E-state index contributed by atoms with van der Waals surface area (Å²) in [6, 6.07) is 8.01. The van der Waals surface area contributed by atoms with Gasteiger partial charge >= 0.3 is 0 Å². The first-order valence-electron chi connectivity index (χ1n) is 5.66. The molecule has 3 aromatic rings. The molecule has 0 aliphatic carbocycles. The van der Waals surface area contributed by atoms with E-state index in [1.165, 1.54) is 36.7 Å². The maximum atomic E-state index is 13.7. The van der Waals surface area contributed by atoms with Crippen LogP contribution in [0.5, 0.6) is 11.6 Å². The minimum Gasteiger partial charge on any atom is -0.435 e. The Balaban J connectivity index is 2.08. The maximum absolute atomic E-state index is 13.7. The van der Waals surface area contributed by atoms with E-state index in [0.29, 0.717) is 10.9 Å². The van der Waals surface area contributed by atoms with Gasteiger partial charge in [-0.15, -0.1) is 0 Å². The van der Waals surface area contributed by atoms with Gasteiger partial charge in [0.2, 0.25) is 5.88 Å². The first kappa shape index (κ1) is 12.7. The van der Waals surface area contributed by atoms with Gasteiger partial charge in [-0.25, -0.2) is 18.7 Å². The van der Waals surface area contributed by atoms with Crippen molar-refractivity contribution < 1.29 is 13.5 Å². The number of hydrogen-bond donors (Lipinski definition) is 0. The molecule has 2 aromatic carbocycles. The Kier molecular flexibility index (Phi) is 3.20. The van der Waals surface area contributed by atoms with Gasteiger partial charge in [-0.05, 0) is 36.4 Å². The van der Waals surface area contributed by atoms with E-state index in [0.717, 1.165) is 6.07 Å². The fraction of sp³-hybridized carbons (Fsp3) is 0. The second-order valence-corrected chi connectivity index (χ2v) is 4.45. The van der Waals surface area contributed by atoms with Gasteiger partial charge < -0.3 is 4.74 Å². The van der Waals surface area contributed by atoms with Crippen LogP contribution in [-0.2, 0) is 0 Å². The van der Waals surface area contributed by atoms with Gasteiger partial charge in [-0.2, -0.15) is 0 Å². The molecule has 0 radical (unpaired) electrons. The monoisotopic (exact) mass is 292 g/mol. The summed E-state index contributed by atoms with van der Waals surface area (Å²) in [6.07, 6.45) is 1.27. The molecule has 1 aromatic heterocycles. The molecule has 0 spiro atoms. The fourth-order valence-corrected chi connectivity index (χ4v) is 1.91. The second-order valence-electron chi connectivity index (χ2n) is 4.02. The maximum Gasteiger partial charge on any atom is 0.230 e. The molecule has 0 N–H and O–H groups in total. The lowest BCUT2D eigenvalue weighted by molar-refractivity contribution is 0.431. The summed E-state index contributed by atoms with van der Waals surface area (Å²) in [7, 11) is 0. The molecule has 0 saturated carbocycles. The van der Waals surface area contributed by atoms with Crippen molar-refractivity contribution in [3.8, 4) is 11.6 Å². The Hall–Kier alpha value is -2.27. The van der Waals surface area contributed by atoms with Crippen LogP contribution in [0.4, 0.5) is 8.78 Å². The van der Waals surface area contributed by atoms with Crippen molar-refractivity contribution in [1.29, 1.82) is 0 Å². The molecule has 0 amide bonds. The highest BCUT2D eigenvalue weighted by molar-refractivity contribution is 6.30. The quantitative estimate of drug-likeness (QED) is 0.704. The zero-order valence-corrected chi connectivity index (χ0v) is 10.7. The molecule has 0 unspecified atom stereocenters. The molecule has 0 aliphatic heterocycles. The van der Waals surface area contributed by atoms with Crippen molar-refractivity contribution in [2.24, 2.45) is 0 Å². The van der Waals surface area contributed by atoms with E-state index in [1.807, 2.05) is 0 Å². The summed E-state index contributed by atoms with van der Waals surface area (Å²) < 4.78 is 32.4. The van der Waals surface area contributed by atoms with E-state index in [9.17, 15) is 8.78 Å². The number of hydrogen-bond acceptors (Lipinski definition) is 3. The minimum atomic E-state index is -0.624. The molecule has 0 saturated heterocycles. The standard InChI is InChI=1S/C14H7ClF2N2O/c15-8-1-4-13(11(17)5-8)20-14-10-6-9(16)2-3-12(10)18-7-19-14/h1-7H. The van der Waals surface area contributed by atoms with Crippen molar-refractivity contribution >= 4 is 22.5 Å². The first-order chi connectivity index (χ1) is 9.63. The third kappa shape index (κ3) is 2.40. The average molecular weight is 293 g/mol. The normalized spacial score (nSPS) is 10.8. The molecule has 0 fully saturated rings. The Bertz CT molecular complexity index is 795. The molecule has 0 aliphatic rings. The van der Waals surface area contributed by atoms with Crippen LogP contribution in [0.25, 0.3) is 10.9 Å². The van der Waals surface area contributed by atoms with Gasteiger partial charge in [0.05, 0.1) is 10.9 Å². The highest BCUT2D eigenvalue weighted by Crippen LogP contribution is 2.29. The van der Waals surface area contributed by atoms with Crippen molar-refractivity contribution in [2.75, 3.05) is 0 Å². The number of fused-ring (bicyclic) bond motifs is 1. The summed E-state index contributed by atoms with van der Waals surface area (Å²) in [6.45, 7) is 0. The van der Waals surface area contributed by atoms with Crippen LogP contribution in [0.15, 0.2) is 42.7 Å². The van der Waals surface area contributed by atoms with Gasteiger partial charge in [0.15, 0.2) is 11.6 Å². The van der Waals surface area contributed by atoms with Crippen LogP contribution in [0.3, 0.4) is 0 Å². The number of aromatic nitrogens is 2. The Morgan fingerprint density at radius 2 is 1.85 bits per heavy atom. The van der Waals surface area contributed by atoms with Crippen LogP contribution in [-0.4, -0.2) is 9.97 Å². The summed E-state index contributed by atoms with van der Waals surface area (Å²) in [4.78, 5) is 7.90. The molecule has 6 heteroatoms. The van der Waals surface area contributed by atoms with Gasteiger partial charge in [0, 0.05) is 5.02 Å². The third-order valence-corrected chi connectivity index (χ3v) is 2.90. The van der Waals surface area contributed by atoms with Crippen molar-refractivity contribution in [3.63, 3.8) is 0 Å². The summed E-state index contributed by atoms with van der Waals surface area (Å²) in [5, 5.41) is 0.621. The van der Waals surface area contributed by atoms with E-state index >= 15 is 0 Å². The summed E-state index contributed by atoms with van der Waals surface area (Å²) >= 11 is 5.66. The van der Waals surface area contributed by atoms with Gasteiger partial charge in [0.25, 0.3) is 0 Å². The van der Waals surface area contributed by atoms with E-state index in [2.05, 4.69) is 9.97 Å². The summed E-state index contributed by atoms with van der Waals surface area (Å²) in [5.74, 6) is -1.04. The second kappa shape index (κ2) is 5.02. The van der Waals surface area contributed by atoms with Gasteiger partial charge in [-0.1, -0.05) is 11.6 Å². The van der Waals surface area contributed by atoms with Crippen LogP contribution in [0, 0.1) is 11.6 Å². The zero-order valence-electron chi connectivity index (χ0n) is 9.98. The lowest BCUT2D eigenvalue weighted by atomic mass is 10.2. The molecular weight excluding hydrogens is 286 g/mol. The van der Waals surface area contributed by atoms with Crippen LogP contribution in [0.2, 0.25) is 5.02 Å². The predicted molar refractivity (Wildman–Crippen MR) is 71.0 cm³/mol. The topological polar surface area (TPSA) is 35.0 Å². The average Bonchev–Trinajstić information content (AvgIpc) is 2.42. The van der Waals surface area contributed by atoms with Crippen molar-refractivity contribution in [3.05, 3.63) is 59.4 Å². The van der Waals surface area contributed by atoms with Crippen LogP contribution in [0.1, 0.15) is 0 Å². The number of rotatable bonds is 2. The predicted octanol–water partition coefficient (Wildman–Crippen LogP) is 4.35. The molecule has 0 bridgehead atoms. The highest BCUT2D eigenvalue weighted by Gasteiger charge is 2.10. The molecule has 3 rings (SSSR count). The van der Waals surface area contributed by atoms with Crippen molar-refractivity contribution in [1.82, 2.24) is 9.97 Å². The van der Waals surface area contributed by atoms with Crippen molar-refractivity contribution in [2.45, 2.75) is 0 Å². The van der Waals surface area contributed by atoms with Gasteiger partial charge in [-0.3, -0.25) is 0 Å². The Morgan fingerprint density at radius 3 is 2.65 bits per heavy atom. The Labute approximate surface area is 117 Å². The lowest BCUT2D eigenvalue weighted by Gasteiger charge is -2.08. The highest BCUT2D eigenvalue weighted by atomic mass is 35.5. The molecule has 0 atom stereocenters. The summed E-state index contributed by atoms with van der Waals surface area (Å²) in [5.41, 5.74) is 0.505.